The molecule has 0 spiro atoms. The Morgan fingerprint density at radius 2 is 1.28 bits per heavy atom. The summed E-state index contributed by atoms with van der Waals surface area (Å²) >= 11 is 0.969. The number of benzene rings is 1. The third-order valence-electron chi connectivity index (χ3n) is 17.4. The van der Waals surface area contributed by atoms with Gasteiger partial charge in [-0.15, -0.1) is 11.8 Å². The number of amides is 6. The second-order valence-electron chi connectivity index (χ2n) is 26.4. The SMILES string of the molecule is CC(=O)CCCC(=O)CCCC(CCCC(C)(C)/C(C)=N\O)CCNC(C)(C)/C(C)=N\O.CNCCCC[C@@H]1NC(=O)CSC[C@@H](C(N)=O)NC(=O)[C@H](Cc2ccccc2)CC(=O)[C@@H]2CSSC[C@H](NC1=O)C(=O)C[C@@H](CCCN=C(N)N)C(=O)NCC(=O)C[C@@H](CC(=O)O)C(=O)N2. The van der Waals surface area contributed by atoms with Crippen molar-refractivity contribution in [3.8, 4) is 0 Å². The number of carboxylic acid groups (broad SMARTS) is 1. The van der Waals surface area contributed by atoms with E-state index in [0.29, 0.717) is 62.3 Å². The Kier molecular flexibility index (Phi) is 41.9. The highest BCUT2D eigenvalue weighted by molar-refractivity contribution is 8.76. The number of fused-ring (bicyclic) bond motifs is 5. The Morgan fingerprint density at radius 1 is 0.663 bits per heavy atom. The number of rotatable bonds is 32. The van der Waals surface area contributed by atoms with Crippen LogP contribution in [0.1, 0.15) is 176 Å². The second-order valence-corrected chi connectivity index (χ2v) is 29.9. The number of carboxylic acids is 1. The monoisotopic (exact) mass is 1430 g/mol. The van der Waals surface area contributed by atoms with Gasteiger partial charge in [-0.2, -0.15) is 0 Å². The summed E-state index contributed by atoms with van der Waals surface area (Å²) in [5.74, 6) is -11.4. The Bertz CT molecular complexity index is 2840. The maximum atomic E-state index is 14.3. The molecule has 1 aromatic rings. The number of carbonyl (C=O) groups excluding carboxylic acids is 11. The number of thioether (sulfide) groups is 1. The van der Waals surface area contributed by atoms with E-state index in [4.69, 9.17) is 27.6 Å². The number of unbranched alkanes of at least 4 members (excludes halogenated alkanes) is 1. The molecule has 2 aliphatic rings. The van der Waals surface area contributed by atoms with Crippen molar-refractivity contribution in [3.05, 3.63) is 35.9 Å². The molecule has 2 aliphatic heterocycles. The van der Waals surface area contributed by atoms with Crippen LogP contribution in [0, 0.1) is 29.1 Å². The number of primary amides is 1. The fourth-order valence-electron chi connectivity index (χ4n) is 10.7. The highest BCUT2D eigenvalue weighted by Crippen LogP contribution is 2.30. The molecule has 0 aromatic heterocycles. The molecule has 6 amide bonds. The molecule has 2 heterocycles. The molecule has 550 valence electrons. The maximum Gasteiger partial charge on any atom is 0.304 e. The van der Waals surface area contributed by atoms with Gasteiger partial charge in [0.25, 0.3) is 0 Å². The van der Waals surface area contributed by atoms with Crippen LogP contribution in [0.2, 0.25) is 0 Å². The van der Waals surface area contributed by atoms with Gasteiger partial charge in [0.2, 0.25) is 35.4 Å². The first-order valence-electron chi connectivity index (χ1n) is 33.6. The van der Waals surface area contributed by atoms with Crippen LogP contribution in [0.3, 0.4) is 0 Å². The van der Waals surface area contributed by atoms with E-state index in [0.717, 1.165) is 84.1 Å². The molecule has 0 saturated carbocycles. The minimum absolute atomic E-state index is 0.0261. The Morgan fingerprint density at radius 3 is 1.88 bits per heavy atom. The number of nitrogens with one attached hydrogen (secondary N) is 7. The van der Waals surface area contributed by atoms with Crippen molar-refractivity contribution in [2.75, 3.05) is 56.2 Å². The van der Waals surface area contributed by atoms with Gasteiger partial charge in [-0.1, -0.05) is 88.9 Å². The summed E-state index contributed by atoms with van der Waals surface area (Å²) in [5.41, 5.74) is 18.2. The summed E-state index contributed by atoms with van der Waals surface area (Å²) in [6.07, 6.45) is 7.48. The number of ketones is 5. The van der Waals surface area contributed by atoms with E-state index in [1.807, 2.05) is 20.8 Å². The normalized spacial score (nSPS) is 21.7. The van der Waals surface area contributed by atoms with Gasteiger partial charge in [0, 0.05) is 79.6 Å². The van der Waals surface area contributed by atoms with Crippen molar-refractivity contribution in [3.63, 3.8) is 0 Å². The molecule has 2 saturated heterocycles. The van der Waals surface area contributed by atoms with Crippen LogP contribution >= 0.6 is 33.3 Å². The quantitative estimate of drug-likeness (QED) is 0.0119. The first-order valence-corrected chi connectivity index (χ1v) is 37.2. The number of carbonyl (C=O) groups is 12. The van der Waals surface area contributed by atoms with Crippen LogP contribution in [-0.4, -0.2) is 189 Å². The standard InChI is InChI=1S/C42H62N10O11S3.C25H47N3O4/c1-46-12-6-5-11-29-41(63)51-31-22-66-65-21-30(34(55)17-26(14-24-8-3-2-4-9-24)39(61)52-32(37(43)59)20-64-23-35(56)49-29)50-40(62)27(18-36(57)58)15-28(53)19-48-38(60)25(16-33(31)54)10-7-13-47-42(44)45;1-19(29)11-8-14-23(30)15-9-12-22(13-10-17-24(4,5)20(2)27-31)16-18-26-25(6,7)21(3)28-32/h2-4,8-9,25-27,29-32,46H,5-7,10-23H2,1H3,(H2,43,59)(H,48,60)(H,49,56)(H,50,62)(H,51,63)(H,52,61)(H,57,58)(H4,44,45,47);22,26,31-32H,8-18H2,1-7H3/b;27-20-,28-21-/t25-,26-,27+,29+,30+,31+,32+;/m1./s1. The van der Waals surface area contributed by atoms with E-state index in [-0.39, 0.29) is 83.7 Å². The zero-order valence-corrected chi connectivity index (χ0v) is 60.8. The molecule has 8 atom stereocenters. The Labute approximate surface area is 588 Å². The minimum atomic E-state index is -1.46. The van der Waals surface area contributed by atoms with Gasteiger partial charge in [0.05, 0.1) is 53.7 Å². The average molecular weight is 1430 g/mol. The van der Waals surface area contributed by atoms with E-state index in [9.17, 15) is 62.6 Å². The Balaban J connectivity index is 0.000000856. The lowest BCUT2D eigenvalue weighted by atomic mass is 9.81. The van der Waals surface area contributed by atoms with Crippen LogP contribution in [0.25, 0.3) is 0 Å². The van der Waals surface area contributed by atoms with Crippen LogP contribution in [0.15, 0.2) is 45.6 Å². The average Bonchev–Trinajstić information content (AvgIpc) is 1.06. The van der Waals surface area contributed by atoms with E-state index in [1.54, 1.807) is 51.2 Å². The number of oxime groups is 2. The number of hydrogen-bond acceptors (Lipinski definition) is 22. The largest absolute Gasteiger partial charge is 0.481 e. The van der Waals surface area contributed by atoms with Gasteiger partial charge < -0.3 is 74.7 Å². The zero-order chi connectivity index (χ0) is 73.4. The minimum Gasteiger partial charge on any atom is -0.481 e. The smallest absolute Gasteiger partial charge is 0.304 e. The van der Waals surface area contributed by atoms with Crippen molar-refractivity contribution in [2.24, 2.45) is 61.6 Å². The molecule has 1 unspecified atom stereocenters. The van der Waals surface area contributed by atoms with Gasteiger partial charge in [0.1, 0.15) is 23.7 Å². The lowest BCUT2D eigenvalue weighted by Crippen LogP contribution is -2.53. The lowest BCUT2D eigenvalue weighted by molar-refractivity contribution is -0.142. The number of aliphatic carboxylic acids is 1. The van der Waals surface area contributed by atoms with E-state index >= 15 is 0 Å². The molecule has 0 aliphatic carbocycles. The van der Waals surface area contributed by atoms with Gasteiger partial charge in [-0.25, -0.2) is 0 Å². The van der Waals surface area contributed by atoms with Crippen LogP contribution < -0.4 is 54.4 Å². The van der Waals surface area contributed by atoms with Crippen LogP contribution in [0.4, 0.5) is 0 Å². The first kappa shape index (κ1) is 87.1. The molecule has 1 aromatic carbocycles. The van der Waals surface area contributed by atoms with E-state index in [2.05, 4.69) is 66.4 Å². The molecule has 2 bridgehead atoms. The summed E-state index contributed by atoms with van der Waals surface area (Å²) in [5, 5.41) is 54.3. The third kappa shape index (κ3) is 36.2. The molecule has 98 heavy (non-hydrogen) atoms. The highest BCUT2D eigenvalue weighted by atomic mass is 33.1. The summed E-state index contributed by atoms with van der Waals surface area (Å²) in [4.78, 5) is 162. The number of nitrogens with two attached hydrogens (primary N) is 3. The lowest BCUT2D eigenvalue weighted by Gasteiger charge is -2.28. The summed E-state index contributed by atoms with van der Waals surface area (Å²) in [6.45, 7) is 14.3. The molecule has 0 radical (unpaired) electrons. The van der Waals surface area contributed by atoms with Gasteiger partial charge in [-0.05, 0) is 137 Å². The Hall–Kier alpha value is -6.96. The number of Topliss-reactive ketones (excluding diaryl/α,β-unsaturated/α-hetero) is 5. The predicted octanol–water partition coefficient (Wildman–Crippen LogP) is 4.31. The number of hydrogen-bond donors (Lipinski definition) is 13. The molecule has 31 heteroatoms. The fourth-order valence-corrected chi connectivity index (χ4v) is 14.0. The summed E-state index contributed by atoms with van der Waals surface area (Å²) < 4.78 is 0. The number of aliphatic imine (C=N–C) groups is 1. The first-order chi connectivity index (χ1) is 46.3. The maximum absolute atomic E-state index is 14.3. The van der Waals surface area contributed by atoms with Gasteiger partial charge in [0.15, 0.2) is 23.3 Å². The van der Waals surface area contributed by atoms with Gasteiger partial charge in [-0.3, -0.25) is 57.7 Å². The molecule has 3 rings (SSSR count). The molecular weight excluding hydrogens is 1320 g/mol. The van der Waals surface area contributed by atoms with E-state index in [1.165, 1.54) is 0 Å². The molecule has 16 N–H and O–H groups in total. The van der Waals surface area contributed by atoms with Crippen molar-refractivity contribution in [2.45, 2.75) is 207 Å². The van der Waals surface area contributed by atoms with Crippen molar-refractivity contribution in [1.82, 2.24) is 37.2 Å². The van der Waals surface area contributed by atoms with Crippen molar-refractivity contribution in [1.29, 1.82) is 0 Å². The van der Waals surface area contributed by atoms with Crippen molar-refractivity contribution >= 4 is 121 Å². The number of nitrogens with zero attached hydrogens (tertiary/aromatic N) is 3. The summed E-state index contributed by atoms with van der Waals surface area (Å²) in [6, 6.07) is 3.75. The highest BCUT2D eigenvalue weighted by Gasteiger charge is 2.36. The second kappa shape index (κ2) is 47.2. The van der Waals surface area contributed by atoms with E-state index < -0.39 is 133 Å². The molecule has 28 nitrogen and oxygen atoms in total. The van der Waals surface area contributed by atoms with Crippen molar-refractivity contribution < 1.29 is 73.1 Å². The van der Waals surface area contributed by atoms with Crippen LogP contribution in [-0.2, 0) is 64.0 Å². The molecular formula is C67H109N13O15S3. The summed E-state index contributed by atoms with van der Waals surface area (Å²) in [7, 11) is 3.88. The number of guanidine groups is 1. The fraction of sp³-hybridized carbons (Fsp3) is 0.687. The molecule has 2 fully saturated rings. The topological polar surface area (TPSA) is 465 Å². The zero-order valence-electron chi connectivity index (χ0n) is 58.3. The van der Waals surface area contributed by atoms with Gasteiger partial charge >= 0.3 is 5.97 Å². The third-order valence-corrected chi connectivity index (χ3v) is 20.9. The predicted molar refractivity (Wildman–Crippen MR) is 383 cm³/mol. The van der Waals surface area contributed by atoms with Crippen LogP contribution in [0.5, 0.6) is 0 Å².